The van der Waals surface area contributed by atoms with E-state index in [-0.39, 0.29) is 37.7 Å². The molecule has 35 heavy (non-hydrogen) atoms. The second-order valence-electron chi connectivity index (χ2n) is 8.57. The van der Waals surface area contributed by atoms with Gasteiger partial charge in [0.05, 0.1) is 36.0 Å². The normalized spacial score (nSPS) is 18.8. The van der Waals surface area contributed by atoms with Gasteiger partial charge in [-0.05, 0) is 42.7 Å². The van der Waals surface area contributed by atoms with Crippen LogP contribution in [-0.4, -0.2) is 58.8 Å². The smallest absolute Gasteiger partial charge is 0.242 e. The summed E-state index contributed by atoms with van der Waals surface area (Å²) in [7, 11) is 0. The second kappa shape index (κ2) is 10.6. The fraction of sp³-hybridized carbons (Fsp3) is 0.280. The molecule has 1 fully saturated rings. The molecule has 1 aliphatic heterocycles. The van der Waals surface area contributed by atoms with Crippen molar-refractivity contribution in [2.45, 2.75) is 31.0 Å². The molecule has 9 nitrogen and oxygen atoms in total. The summed E-state index contributed by atoms with van der Waals surface area (Å²) < 4.78 is 13.5. The van der Waals surface area contributed by atoms with E-state index in [4.69, 9.17) is 11.5 Å². The number of nitrogens with zero attached hydrogens (tertiary/aromatic N) is 2. The van der Waals surface area contributed by atoms with Crippen molar-refractivity contribution in [3.63, 3.8) is 0 Å². The van der Waals surface area contributed by atoms with Crippen molar-refractivity contribution in [2.75, 3.05) is 18.4 Å². The molecular formula is C25H27FN6O3. The number of fused-ring (bicyclic) bond motifs is 1. The highest BCUT2D eigenvalue weighted by Crippen LogP contribution is 2.25. The minimum Gasteiger partial charge on any atom is -0.368 e. The lowest BCUT2D eigenvalue weighted by molar-refractivity contribution is -0.126. The summed E-state index contributed by atoms with van der Waals surface area (Å²) in [5, 5.41) is 6.53. The highest BCUT2D eigenvalue weighted by molar-refractivity contribution is 5.97. The Kier molecular flexibility index (Phi) is 7.33. The predicted molar refractivity (Wildman–Crippen MR) is 130 cm³/mol. The highest BCUT2D eigenvalue weighted by atomic mass is 19.1. The van der Waals surface area contributed by atoms with E-state index in [1.807, 2.05) is 30.3 Å². The Morgan fingerprint density at radius 3 is 2.60 bits per heavy atom. The molecule has 10 heteroatoms. The van der Waals surface area contributed by atoms with Gasteiger partial charge in [0.25, 0.3) is 0 Å². The molecule has 6 N–H and O–H groups in total. The fourth-order valence-electron chi connectivity index (χ4n) is 4.45. The quantitative estimate of drug-likeness (QED) is 0.379. The number of hydrogen-bond donors (Lipinski definition) is 4. The molecule has 0 bridgehead atoms. The number of primary amides is 1. The maximum atomic E-state index is 13.5. The molecule has 3 aromatic rings. The van der Waals surface area contributed by atoms with Gasteiger partial charge in [-0.15, -0.1) is 0 Å². The third-order valence-corrected chi connectivity index (χ3v) is 6.12. The van der Waals surface area contributed by atoms with Gasteiger partial charge in [-0.3, -0.25) is 24.3 Å². The number of carbonyl (C=O) groups excluding carboxylic acids is 3. The zero-order chi connectivity index (χ0) is 24.9. The van der Waals surface area contributed by atoms with Crippen LogP contribution < -0.4 is 22.1 Å². The lowest BCUT2D eigenvalue weighted by atomic mass is 10.0. The summed E-state index contributed by atoms with van der Waals surface area (Å²) in [4.78, 5) is 43.7. The third-order valence-electron chi connectivity index (χ3n) is 6.12. The van der Waals surface area contributed by atoms with E-state index >= 15 is 0 Å². The van der Waals surface area contributed by atoms with Gasteiger partial charge in [0.15, 0.2) is 0 Å². The van der Waals surface area contributed by atoms with E-state index in [9.17, 15) is 18.8 Å². The van der Waals surface area contributed by atoms with Crippen molar-refractivity contribution in [3.05, 3.63) is 72.2 Å². The standard InChI is InChI=1S/C25H27FN6O3/c26-17-7-5-15(6-8-17)9-22(32-14-19(30-23(33)12-27)11-21(32)24(28)34)25(35)31-18-10-16-3-1-2-4-20(16)29-13-18/h1-8,10,13,19,21-22H,9,11-12,14,27H2,(H2,28,34)(H,30,33)(H,31,35)/t19?,21?,22-/m1/s1. The van der Waals surface area contributed by atoms with Crippen molar-refractivity contribution in [3.8, 4) is 0 Å². The van der Waals surface area contributed by atoms with Crippen LogP contribution in [0.5, 0.6) is 0 Å². The molecule has 2 heterocycles. The van der Waals surface area contributed by atoms with E-state index in [2.05, 4.69) is 15.6 Å². The maximum Gasteiger partial charge on any atom is 0.242 e. The monoisotopic (exact) mass is 478 g/mol. The lowest BCUT2D eigenvalue weighted by Gasteiger charge is -2.31. The molecule has 0 spiro atoms. The van der Waals surface area contributed by atoms with Crippen LogP contribution in [0.3, 0.4) is 0 Å². The minimum atomic E-state index is -0.816. The number of anilines is 1. The van der Waals surface area contributed by atoms with Crippen molar-refractivity contribution >= 4 is 34.3 Å². The number of amides is 3. The van der Waals surface area contributed by atoms with Crippen LogP contribution in [0.1, 0.15) is 12.0 Å². The van der Waals surface area contributed by atoms with Crippen LogP contribution in [0.25, 0.3) is 10.9 Å². The summed E-state index contributed by atoms with van der Waals surface area (Å²) >= 11 is 0. The Morgan fingerprint density at radius 2 is 1.89 bits per heavy atom. The summed E-state index contributed by atoms with van der Waals surface area (Å²) in [5.74, 6) is -1.72. The van der Waals surface area contributed by atoms with Gasteiger partial charge in [-0.25, -0.2) is 4.39 Å². The molecule has 0 saturated carbocycles. The van der Waals surface area contributed by atoms with Crippen LogP contribution in [0.4, 0.5) is 10.1 Å². The lowest BCUT2D eigenvalue weighted by Crippen LogP contribution is -2.52. The van der Waals surface area contributed by atoms with E-state index in [0.29, 0.717) is 11.3 Å². The highest BCUT2D eigenvalue weighted by Gasteiger charge is 2.42. The molecule has 4 rings (SSSR count). The molecule has 3 atom stereocenters. The first-order valence-corrected chi connectivity index (χ1v) is 11.3. The zero-order valence-corrected chi connectivity index (χ0v) is 19.0. The summed E-state index contributed by atoms with van der Waals surface area (Å²) in [6.45, 7) is 0.0425. The zero-order valence-electron chi connectivity index (χ0n) is 19.0. The number of para-hydroxylation sites is 1. The van der Waals surface area contributed by atoms with Crippen LogP contribution in [-0.2, 0) is 20.8 Å². The van der Waals surface area contributed by atoms with Gasteiger partial charge >= 0.3 is 0 Å². The topological polar surface area (TPSA) is 143 Å². The van der Waals surface area contributed by atoms with Crippen LogP contribution in [0.15, 0.2) is 60.8 Å². The first kappa shape index (κ1) is 24.2. The van der Waals surface area contributed by atoms with Crippen molar-refractivity contribution < 1.29 is 18.8 Å². The van der Waals surface area contributed by atoms with Crippen LogP contribution >= 0.6 is 0 Å². The Bertz CT molecular complexity index is 1240. The summed E-state index contributed by atoms with van der Waals surface area (Å²) in [5.41, 5.74) is 13.1. The predicted octanol–water partition coefficient (Wildman–Crippen LogP) is 0.927. The van der Waals surface area contributed by atoms with E-state index < -0.39 is 29.8 Å². The molecule has 0 aliphatic carbocycles. The second-order valence-corrected chi connectivity index (χ2v) is 8.57. The van der Waals surface area contributed by atoms with Gasteiger partial charge in [-0.1, -0.05) is 30.3 Å². The third kappa shape index (κ3) is 5.79. The Balaban J connectivity index is 1.62. The number of halogens is 1. The number of carbonyl (C=O) groups is 3. The van der Waals surface area contributed by atoms with Gasteiger partial charge in [0, 0.05) is 18.0 Å². The van der Waals surface area contributed by atoms with Crippen LogP contribution in [0.2, 0.25) is 0 Å². The fourth-order valence-corrected chi connectivity index (χ4v) is 4.45. The van der Waals surface area contributed by atoms with Gasteiger partial charge in [0.2, 0.25) is 17.7 Å². The van der Waals surface area contributed by atoms with Crippen molar-refractivity contribution in [1.82, 2.24) is 15.2 Å². The molecule has 0 radical (unpaired) electrons. The Hall–Kier alpha value is -3.89. The maximum absolute atomic E-state index is 13.5. The number of pyridine rings is 1. The molecule has 182 valence electrons. The summed E-state index contributed by atoms with van der Waals surface area (Å²) in [6, 6.07) is 13.2. The summed E-state index contributed by atoms with van der Waals surface area (Å²) in [6.07, 6.45) is 2.02. The molecule has 1 aromatic heterocycles. The van der Waals surface area contributed by atoms with Gasteiger partial charge in [-0.2, -0.15) is 0 Å². The first-order valence-electron chi connectivity index (χ1n) is 11.3. The first-order chi connectivity index (χ1) is 16.8. The van der Waals surface area contributed by atoms with Crippen molar-refractivity contribution in [1.29, 1.82) is 0 Å². The molecule has 2 unspecified atom stereocenters. The molecule has 3 amide bonds. The van der Waals surface area contributed by atoms with Gasteiger partial charge in [0.1, 0.15) is 5.82 Å². The van der Waals surface area contributed by atoms with Crippen molar-refractivity contribution in [2.24, 2.45) is 11.5 Å². The number of rotatable bonds is 8. The van der Waals surface area contributed by atoms with Crippen LogP contribution in [0, 0.1) is 5.82 Å². The minimum absolute atomic E-state index is 0.188. The number of aromatic nitrogens is 1. The van der Waals surface area contributed by atoms with Gasteiger partial charge < -0.3 is 22.1 Å². The number of nitrogens with one attached hydrogen (secondary N) is 2. The largest absolute Gasteiger partial charge is 0.368 e. The molecule has 2 aromatic carbocycles. The molecule has 1 saturated heterocycles. The number of likely N-dealkylation sites (tertiary alicyclic amines) is 1. The number of hydrogen-bond acceptors (Lipinski definition) is 6. The number of benzene rings is 2. The van der Waals surface area contributed by atoms with E-state index in [1.54, 1.807) is 23.2 Å². The number of nitrogens with two attached hydrogens (primary N) is 2. The van der Waals surface area contributed by atoms with E-state index in [1.165, 1.54) is 12.1 Å². The SMILES string of the molecule is NCC(=O)NC1CC(C(N)=O)N([C@H](Cc2ccc(F)cc2)C(=O)Nc2cnc3ccccc3c2)C1. The Morgan fingerprint density at radius 1 is 1.14 bits per heavy atom. The average molecular weight is 479 g/mol. The average Bonchev–Trinajstić information content (AvgIpc) is 3.27. The molecule has 1 aliphatic rings. The Labute approximate surface area is 201 Å². The van der Waals surface area contributed by atoms with E-state index in [0.717, 1.165) is 10.9 Å². The molecular weight excluding hydrogens is 451 g/mol.